The predicted molar refractivity (Wildman–Crippen MR) is 41.6 cm³/mol. The maximum absolute atomic E-state index is 9.85. The topological polar surface area (TPSA) is 161 Å². The molecule has 1 unspecified atom stereocenters. The molecular formula is C4H12NO7P. The average Bonchev–Trinajstić information content (AvgIpc) is 1.84. The average molecular weight is 217 g/mol. The highest BCUT2D eigenvalue weighted by atomic mass is 31.2. The van der Waals surface area contributed by atoms with Gasteiger partial charge in [-0.3, -0.25) is 4.79 Å². The van der Waals surface area contributed by atoms with Gasteiger partial charge in [-0.05, 0) is 6.42 Å². The maximum atomic E-state index is 9.85. The first kappa shape index (κ1) is 15.0. The minimum atomic E-state index is -4.64. The molecule has 7 N–H and O–H groups in total. The van der Waals surface area contributed by atoms with E-state index in [9.17, 15) is 4.79 Å². The molecule has 0 aliphatic rings. The summed E-state index contributed by atoms with van der Waals surface area (Å²) in [6, 6.07) is -0.917. The SMILES string of the molecule is NC(CCO)C(=O)O.O=P(O)(O)O. The van der Waals surface area contributed by atoms with E-state index < -0.39 is 19.8 Å². The second-order valence-electron chi connectivity index (χ2n) is 1.97. The summed E-state index contributed by atoms with van der Waals surface area (Å²) in [5.74, 6) is -1.07. The molecule has 8 nitrogen and oxygen atoms in total. The van der Waals surface area contributed by atoms with Crippen LogP contribution in [0.5, 0.6) is 0 Å². The van der Waals surface area contributed by atoms with E-state index in [4.69, 9.17) is 35.2 Å². The molecule has 0 aromatic carbocycles. The van der Waals surface area contributed by atoms with Gasteiger partial charge in [-0.2, -0.15) is 0 Å². The number of carboxylic acid groups (broad SMARTS) is 1. The highest BCUT2D eigenvalue weighted by Gasteiger charge is 2.08. The number of hydrogen-bond donors (Lipinski definition) is 6. The normalized spacial score (nSPS) is 12.7. The molecule has 0 spiro atoms. The minimum Gasteiger partial charge on any atom is -0.480 e. The van der Waals surface area contributed by atoms with Crippen LogP contribution >= 0.6 is 7.82 Å². The number of phosphoric acid groups is 1. The molecule has 0 aliphatic heterocycles. The standard InChI is InChI=1S/C4H9NO3.H3O4P/c5-3(1-2-6)4(7)8;1-5(2,3)4/h3,6H,1-2,5H2,(H,7,8);(H3,1,2,3,4). The van der Waals surface area contributed by atoms with Crippen LogP contribution in [-0.4, -0.2) is 43.5 Å². The van der Waals surface area contributed by atoms with Crippen molar-refractivity contribution in [2.75, 3.05) is 6.61 Å². The maximum Gasteiger partial charge on any atom is 0.466 e. The lowest BCUT2D eigenvalue weighted by Gasteiger charge is -2.00. The first-order valence-electron chi connectivity index (χ1n) is 3.06. The molecule has 1 atom stereocenters. The molecule has 0 aromatic heterocycles. The zero-order chi connectivity index (χ0) is 11.1. The van der Waals surface area contributed by atoms with Crippen LogP contribution in [-0.2, 0) is 9.36 Å². The molecule has 80 valence electrons. The zero-order valence-corrected chi connectivity index (χ0v) is 7.46. The van der Waals surface area contributed by atoms with Gasteiger partial charge in [0.15, 0.2) is 0 Å². The summed E-state index contributed by atoms with van der Waals surface area (Å²) in [4.78, 5) is 31.4. The van der Waals surface area contributed by atoms with Crippen molar-refractivity contribution in [1.29, 1.82) is 0 Å². The van der Waals surface area contributed by atoms with Crippen LogP contribution < -0.4 is 5.73 Å². The van der Waals surface area contributed by atoms with Gasteiger partial charge in [0.1, 0.15) is 6.04 Å². The van der Waals surface area contributed by atoms with Crippen molar-refractivity contribution in [3.05, 3.63) is 0 Å². The summed E-state index contributed by atoms with van der Waals surface area (Å²) in [7, 11) is -4.64. The largest absolute Gasteiger partial charge is 0.480 e. The fourth-order valence-electron chi connectivity index (χ4n) is 0.263. The summed E-state index contributed by atoms with van der Waals surface area (Å²) in [6.45, 7) is -0.173. The molecule has 0 radical (unpaired) electrons. The van der Waals surface area contributed by atoms with E-state index in [1.54, 1.807) is 0 Å². The molecule has 0 saturated heterocycles. The fraction of sp³-hybridized carbons (Fsp3) is 0.750. The van der Waals surface area contributed by atoms with Crippen LogP contribution in [0.3, 0.4) is 0 Å². The smallest absolute Gasteiger partial charge is 0.466 e. The molecule has 0 aromatic rings. The van der Waals surface area contributed by atoms with Gasteiger partial charge in [-0.25, -0.2) is 4.57 Å². The molecule has 0 bridgehead atoms. The van der Waals surface area contributed by atoms with E-state index in [1.807, 2.05) is 0 Å². The summed E-state index contributed by atoms with van der Waals surface area (Å²) >= 11 is 0. The van der Waals surface area contributed by atoms with Crippen molar-refractivity contribution < 1.29 is 34.3 Å². The van der Waals surface area contributed by atoms with E-state index in [1.165, 1.54) is 0 Å². The lowest BCUT2D eigenvalue weighted by molar-refractivity contribution is -0.138. The van der Waals surface area contributed by atoms with Gasteiger partial charge < -0.3 is 30.6 Å². The third-order valence-electron chi connectivity index (χ3n) is 0.757. The van der Waals surface area contributed by atoms with Crippen molar-refractivity contribution >= 4 is 13.8 Å². The van der Waals surface area contributed by atoms with Crippen molar-refractivity contribution in [2.45, 2.75) is 12.5 Å². The molecule has 0 fully saturated rings. The zero-order valence-electron chi connectivity index (χ0n) is 6.57. The Kier molecular flexibility index (Phi) is 8.02. The summed E-state index contributed by atoms with van der Waals surface area (Å²) in [5.41, 5.74) is 4.97. The monoisotopic (exact) mass is 217 g/mol. The summed E-state index contributed by atoms with van der Waals surface area (Å²) < 4.78 is 8.88. The number of carbonyl (C=O) groups is 1. The highest BCUT2D eigenvalue weighted by molar-refractivity contribution is 7.45. The minimum absolute atomic E-state index is 0.120. The Bertz CT molecular complexity index is 181. The van der Waals surface area contributed by atoms with E-state index in [2.05, 4.69) is 0 Å². The van der Waals surface area contributed by atoms with Crippen LogP contribution in [0.15, 0.2) is 0 Å². The van der Waals surface area contributed by atoms with E-state index >= 15 is 0 Å². The van der Waals surface area contributed by atoms with E-state index in [-0.39, 0.29) is 13.0 Å². The third kappa shape index (κ3) is 24.6. The number of hydrogen-bond acceptors (Lipinski definition) is 4. The van der Waals surface area contributed by atoms with E-state index in [0.29, 0.717) is 0 Å². The Balaban J connectivity index is 0. The van der Waals surface area contributed by atoms with Crippen molar-refractivity contribution in [3.63, 3.8) is 0 Å². The fourth-order valence-corrected chi connectivity index (χ4v) is 0.263. The van der Waals surface area contributed by atoms with Gasteiger partial charge in [0.25, 0.3) is 0 Å². The van der Waals surface area contributed by atoms with Crippen LogP contribution in [0, 0.1) is 0 Å². The van der Waals surface area contributed by atoms with Gasteiger partial charge in [0, 0.05) is 6.61 Å². The predicted octanol–water partition coefficient (Wildman–Crippen LogP) is -2.15. The second-order valence-corrected chi connectivity index (χ2v) is 3.00. The first-order valence-corrected chi connectivity index (χ1v) is 4.62. The summed E-state index contributed by atoms with van der Waals surface area (Å²) in [5, 5.41) is 16.2. The number of aliphatic hydroxyl groups is 1. The Morgan fingerprint density at radius 1 is 1.38 bits per heavy atom. The Morgan fingerprint density at radius 3 is 1.77 bits per heavy atom. The van der Waals surface area contributed by atoms with Gasteiger partial charge in [0.2, 0.25) is 0 Å². The Labute approximate surface area is 73.9 Å². The highest BCUT2D eigenvalue weighted by Crippen LogP contribution is 2.25. The number of aliphatic carboxylic acids is 1. The van der Waals surface area contributed by atoms with Crippen LogP contribution in [0.25, 0.3) is 0 Å². The quantitative estimate of drug-likeness (QED) is 0.291. The molecule has 0 amide bonds. The second kappa shape index (κ2) is 6.96. The van der Waals surface area contributed by atoms with Gasteiger partial charge in [-0.1, -0.05) is 0 Å². The molecular weight excluding hydrogens is 205 g/mol. The number of nitrogens with two attached hydrogens (primary N) is 1. The summed E-state index contributed by atoms with van der Waals surface area (Å²) in [6.07, 6.45) is 0.120. The molecule has 9 heteroatoms. The van der Waals surface area contributed by atoms with Crippen molar-refractivity contribution in [1.82, 2.24) is 0 Å². The van der Waals surface area contributed by atoms with Crippen LogP contribution in [0.2, 0.25) is 0 Å². The van der Waals surface area contributed by atoms with Crippen molar-refractivity contribution in [2.24, 2.45) is 5.73 Å². The number of aliphatic hydroxyl groups excluding tert-OH is 1. The van der Waals surface area contributed by atoms with Crippen LogP contribution in [0.4, 0.5) is 0 Å². The first-order chi connectivity index (χ1) is 5.68. The number of rotatable bonds is 3. The lowest BCUT2D eigenvalue weighted by atomic mass is 10.2. The number of carboxylic acids is 1. The van der Waals surface area contributed by atoms with Gasteiger partial charge in [0.05, 0.1) is 0 Å². The van der Waals surface area contributed by atoms with Gasteiger partial charge >= 0.3 is 13.8 Å². The third-order valence-corrected chi connectivity index (χ3v) is 0.757. The Morgan fingerprint density at radius 2 is 1.69 bits per heavy atom. The van der Waals surface area contributed by atoms with E-state index in [0.717, 1.165) is 0 Å². The Hall–Kier alpha value is -0.500. The van der Waals surface area contributed by atoms with Crippen molar-refractivity contribution in [3.8, 4) is 0 Å². The van der Waals surface area contributed by atoms with Gasteiger partial charge in [-0.15, -0.1) is 0 Å². The lowest BCUT2D eigenvalue weighted by Crippen LogP contribution is -2.30. The van der Waals surface area contributed by atoms with Crippen LogP contribution in [0.1, 0.15) is 6.42 Å². The molecule has 0 heterocycles. The molecule has 13 heavy (non-hydrogen) atoms. The molecule has 0 rings (SSSR count). The molecule has 0 saturated carbocycles. The molecule has 0 aliphatic carbocycles.